The maximum atomic E-state index is 12.1. The van der Waals surface area contributed by atoms with Gasteiger partial charge < -0.3 is 14.8 Å². The number of nitrogens with zero attached hydrogens (tertiary/aromatic N) is 1. The molecule has 0 bridgehead atoms. The molecule has 0 spiro atoms. The third-order valence-corrected chi connectivity index (χ3v) is 4.06. The van der Waals surface area contributed by atoms with E-state index in [4.69, 9.17) is 4.74 Å². The van der Waals surface area contributed by atoms with Crippen LogP contribution in [0.25, 0.3) is 0 Å². The molecule has 2 atom stereocenters. The van der Waals surface area contributed by atoms with Crippen molar-refractivity contribution in [1.82, 2.24) is 10.2 Å². The first-order valence-corrected chi connectivity index (χ1v) is 8.75. The van der Waals surface area contributed by atoms with Gasteiger partial charge in [-0.05, 0) is 57.5 Å². The van der Waals surface area contributed by atoms with Gasteiger partial charge in [0.15, 0.2) is 0 Å². The molecular weight excluding hydrogens is 333 g/mol. The van der Waals surface area contributed by atoms with Gasteiger partial charge in [-0.15, -0.1) is 13.2 Å². The fraction of sp³-hybridized carbons (Fsp3) is 0.667. The van der Waals surface area contributed by atoms with Crippen molar-refractivity contribution in [3.05, 3.63) is 29.8 Å². The van der Waals surface area contributed by atoms with E-state index >= 15 is 0 Å². The largest absolute Gasteiger partial charge is 0.573 e. The maximum absolute atomic E-state index is 12.1. The van der Waals surface area contributed by atoms with Gasteiger partial charge in [0, 0.05) is 19.6 Å². The molecule has 0 aliphatic carbocycles. The number of hydrogen-bond acceptors (Lipinski definition) is 4. The molecule has 142 valence electrons. The summed E-state index contributed by atoms with van der Waals surface area (Å²) in [7, 11) is 0. The zero-order chi connectivity index (χ0) is 18.3. The second-order valence-electron chi connectivity index (χ2n) is 6.59. The third kappa shape index (κ3) is 8.07. The molecular formula is C18H27F3N2O2. The van der Waals surface area contributed by atoms with Crippen molar-refractivity contribution < 1.29 is 22.6 Å². The predicted molar refractivity (Wildman–Crippen MR) is 90.5 cm³/mol. The van der Waals surface area contributed by atoms with Crippen molar-refractivity contribution in [3.8, 4) is 5.75 Å². The highest BCUT2D eigenvalue weighted by molar-refractivity contribution is 5.27. The Morgan fingerprint density at radius 2 is 1.76 bits per heavy atom. The second-order valence-corrected chi connectivity index (χ2v) is 6.59. The Balaban J connectivity index is 1.57. The molecule has 0 amide bonds. The van der Waals surface area contributed by atoms with E-state index in [1.807, 2.05) is 0 Å². The topological polar surface area (TPSA) is 33.7 Å². The maximum Gasteiger partial charge on any atom is 0.573 e. The number of benzene rings is 1. The van der Waals surface area contributed by atoms with Crippen molar-refractivity contribution >= 4 is 0 Å². The van der Waals surface area contributed by atoms with Gasteiger partial charge in [0.2, 0.25) is 0 Å². The van der Waals surface area contributed by atoms with E-state index < -0.39 is 6.36 Å². The van der Waals surface area contributed by atoms with Crippen LogP contribution in [0.5, 0.6) is 5.75 Å². The quantitative estimate of drug-likeness (QED) is 0.719. The molecule has 2 rings (SSSR count). The highest BCUT2D eigenvalue weighted by Crippen LogP contribution is 2.22. The van der Waals surface area contributed by atoms with E-state index in [-0.39, 0.29) is 5.75 Å². The van der Waals surface area contributed by atoms with Crippen LogP contribution in [0.4, 0.5) is 13.2 Å². The van der Waals surface area contributed by atoms with Crippen molar-refractivity contribution in [2.75, 3.05) is 26.2 Å². The van der Waals surface area contributed by atoms with Gasteiger partial charge in [-0.3, -0.25) is 4.90 Å². The zero-order valence-electron chi connectivity index (χ0n) is 14.8. The number of ether oxygens (including phenoxy) is 2. The highest BCUT2D eigenvalue weighted by atomic mass is 19.4. The summed E-state index contributed by atoms with van der Waals surface area (Å²) < 4.78 is 45.9. The first-order valence-electron chi connectivity index (χ1n) is 8.75. The average Bonchev–Trinajstić information content (AvgIpc) is 2.50. The Labute approximate surface area is 147 Å². The zero-order valence-corrected chi connectivity index (χ0v) is 14.8. The monoisotopic (exact) mass is 360 g/mol. The van der Waals surface area contributed by atoms with Gasteiger partial charge in [0.05, 0.1) is 12.2 Å². The number of alkyl halides is 3. The van der Waals surface area contributed by atoms with Crippen LogP contribution in [0.2, 0.25) is 0 Å². The minimum absolute atomic E-state index is 0.190. The van der Waals surface area contributed by atoms with E-state index in [2.05, 4.69) is 28.8 Å². The molecule has 1 aromatic rings. The lowest BCUT2D eigenvalue weighted by Gasteiger charge is -2.35. The van der Waals surface area contributed by atoms with E-state index in [1.54, 1.807) is 12.1 Å². The number of nitrogens with one attached hydrogen (secondary N) is 1. The summed E-state index contributed by atoms with van der Waals surface area (Å²) in [4.78, 5) is 2.44. The fourth-order valence-corrected chi connectivity index (χ4v) is 3.09. The SMILES string of the molecule is CC1CN(CCCCNCc2ccc(OC(F)(F)F)cc2)CC(C)O1. The second kappa shape index (κ2) is 9.40. The molecule has 1 saturated heterocycles. The number of rotatable bonds is 8. The fourth-order valence-electron chi connectivity index (χ4n) is 3.09. The number of morpholine rings is 1. The molecule has 25 heavy (non-hydrogen) atoms. The lowest BCUT2D eigenvalue weighted by molar-refractivity contribution is -0.274. The molecule has 1 aliphatic heterocycles. The average molecular weight is 360 g/mol. The highest BCUT2D eigenvalue weighted by Gasteiger charge is 2.30. The van der Waals surface area contributed by atoms with Gasteiger partial charge in [-0.1, -0.05) is 12.1 Å². The van der Waals surface area contributed by atoms with E-state index in [1.165, 1.54) is 12.1 Å². The summed E-state index contributed by atoms with van der Waals surface area (Å²) in [6.45, 7) is 8.79. The molecule has 0 saturated carbocycles. The number of hydrogen-bond donors (Lipinski definition) is 1. The smallest absolute Gasteiger partial charge is 0.406 e. The van der Waals surface area contributed by atoms with Crippen molar-refractivity contribution in [2.24, 2.45) is 0 Å². The Morgan fingerprint density at radius 1 is 1.12 bits per heavy atom. The van der Waals surface area contributed by atoms with Gasteiger partial charge in [0.25, 0.3) is 0 Å². The Hall–Kier alpha value is -1.31. The van der Waals surface area contributed by atoms with Gasteiger partial charge in [-0.25, -0.2) is 0 Å². The molecule has 0 radical (unpaired) electrons. The van der Waals surface area contributed by atoms with Crippen LogP contribution in [0.15, 0.2) is 24.3 Å². The third-order valence-electron chi connectivity index (χ3n) is 4.06. The normalized spacial score (nSPS) is 22.1. The summed E-state index contributed by atoms with van der Waals surface area (Å²) in [6.07, 6.45) is -1.87. The minimum atomic E-state index is -4.64. The van der Waals surface area contributed by atoms with Crippen LogP contribution in [0.1, 0.15) is 32.3 Å². The summed E-state index contributed by atoms with van der Waals surface area (Å²) in [5.74, 6) is -0.190. The van der Waals surface area contributed by atoms with Gasteiger partial charge in [-0.2, -0.15) is 0 Å². The Kier molecular flexibility index (Phi) is 7.53. The van der Waals surface area contributed by atoms with Crippen molar-refractivity contribution in [2.45, 2.75) is 51.8 Å². The summed E-state index contributed by atoms with van der Waals surface area (Å²) in [5, 5.41) is 3.32. The molecule has 1 N–H and O–H groups in total. The van der Waals surface area contributed by atoms with Crippen molar-refractivity contribution in [1.29, 1.82) is 0 Å². The minimum Gasteiger partial charge on any atom is -0.406 e. The molecule has 0 aromatic heterocycles. The molecule has 7 heteroatoms. The van der Waals surface area contributed by atoms with Gasteiger partial charge >= 0.3 is 6.36 Å². The summed E-state index contributed by atoms with van der Waals surface area (Å²) in [6, 6.07) is 5.96. The molecule has 1 aromatic carbocycles. The standard InChI is InChI=1S/C18H27F3N2O2/c1-14-12-23(13-15(2)24-14)10-4-3-9-22-11-16-5-7-17(8-6-16)25-18(19,20)21/h5-8,14-15,22H,3-4,9-13H2,1-2H3. The lowest BCUT2D eigenvalue weighted by Crippen LogP contribution is -2.45. The Bertz CT molecular complexity index is 498. The molecule has 1 aliphatic rings. The number of halogens is 3. The van der Waals surface area contributed by atoms with Gasteiger partial charge in [0.1, 0.15) is 5.75 Å². The molecule has 1 fully saturated rings. The molecule has 4 nitrogen and oxygen atoms in total. The van der Waals surface area contributed by atoms with E-state index in [9.17, 15) is 13.2 Å². The summed E-state index contributed by atoms with van der Waals surface area (Å²) in [5.41, 5.74) is 0.936. The Morgan fingerprint density at radius 3 is 2.36 bits per heavy atom. The first-order chi connectivity index (χ1) is 11.8. The van der Waals surface area contributed by atoms with Crippen LogP contribution >= 0.6 is 0 Å². The summed E-state index contributed by atoms with van der Waals surface area (Å²) >= 11 is 0. The van der Waals surface area contributed by atoms with Crippen LogP contribution in [-0.2, 0) is 11.3 Å². The number of unbranched alkanes of at least 4 members (excludes halogenated alkanes) is 1. The van der Waals surface area contributed by atoms with Crippen LogP contribution in [0.3, 0.4) is 0 Å². The van der Waals surface area contributed by atoms with Crippen LogP contribution in [0, 0.1) is 0 Å². The van der Waals surface area contributed by atoms with Crippen LogP contribution in [-0.4, -0.2) is 49.6 Å². The first kappa shape index (κ1) is 20.0. The van der Waals surface area contributed by atoms with Crippen molar-refractivity contribution in [3.63, 3.8) is 0 Å². The lowest BCUT2D eigenvalue weighted by atomic mass is 10.2. The molecule has 2 unspecified atom stereocenters. The van der Waals surface area contributed by atoms with Crippen LogP contribution < -0.4 is 10.1 Å². The molecule has 1 heterocycles. The van der Waals surface area contributed by atoms with E-state index in [0.29, 0.717) is 18.8 Å². The van der Waals surface area contributed by atoms with E-state index in [0.717, 1.165) is 44.6 Å². The predicted octanol–water partition coefficient (Wildman–Crippen LogP) is 3.56.